The number of piperazine rings is 1. The molecule has 0 bridgehead atoms. The molecule has 2 saturated heterocycles. The predicted molar refractivity (Wildman–Crippen MR) is 182 cm³/mol. The van der Waals surface area contributed by atoms with Crippen molar-refractivity contribution in [2.45, 2.75) is 6.92 Å². The van der Waals surface area contributed by atoms with Gasteiger partial charge in [0.05, 0.1) is 19.0 Å². The zero-order valence-corrected chi connectivity index (χ0v) is 27.8. The largest absolute Gasteiger partial charge is 0.378 e. The fourth-order valence-corrected chi connectivity index (χ4v) is 6.16. The first-order valence-electron chi connectivity index (χ1n) is 15.6. The Kier molecular flexibility index (Phi) is 11.2. The molecule has 0 saturated carbocycles. The van der Waals surface area contributed by atoms with Gasteiger partial charge in [-0.3, -0.25) is 4.79 Å². The Labute approximate surface area is 275 Å². The molecule has 2 fully saturated rings. The Balaban J connectivity index is 1.24. The lowest BCUT2D eigenvalue weighted by Gasteiger charge is -2.34. The first-order valence-corrected chi connectivity index (χ1v) is 17.2. The summed E-state index contributed by atoms with van der Waals surface area (Å²) in [4.78, 5) is 45.3. The quantitative estimate of drug-likeness (QED) is 0.273. The second kappa shape index (κ2) is 15.5. The van der Waals surface area contributed by atoms with E-state index < -0.39 is 16.1 Å². The molecular formula is C31H42N10O5S. The van der Waals surface area contributed by atoms with E-state index in [1.54, 1.807) is 43.3 Å². The molecule has 2 aliphatic heterocycles. The van der Waals surface area contributed by atoms with Crippen molar-refractivity contribution < 1.29 is 22.7 Å². The summed E-state index contributed by atoms with van der Waals surface area (Å²) >= 11 is 0. The number of benzene rings is 2. The van der Waals surface area contributed by atoms with Gasteiger partial charge in [0.25, 0.3) is 5.91 Å². The topological polar surface area (TPSA) is 165 Å². The molecule has 3 heterocycles. The van der Waals surface area contributed by atoms with Crippen LogP contribution in [0.1, 0.15) is 17.3 Å². The molecule has 47 heavy (non-hydrogen) atoms. The summed E-state index contributed by atoms with van der Waals surface area (Å²) < 4.78 is 31.8. The first kappa shape index (κ1) is 34.0. The second-order valence-corrected chi connectivity index (χ2v) is 13.7. The SMILES string of the molecule is CCS(=O)(=O)N1CCN(c2nc(-c3ccc(NC(=O)Nc4ccc(C(=O)NCCN(C)C)cc4)cc3)nc(N3CCOCC3)n2)CC1. The van der Waals surface area contributed by atoms with Crippen LogP contribution in [0.2, 0.25) is 0 Å². The lowest BCUT2D eigenvalue weighted by Crippen LogP contribution is -2.49. The predicted octanol–water partition coefficient (Wildman–Crippen LogP) is 1.78. The fraction of sp³-hybridized carbons (Fsp3) is 0.452. The van der Waals surface area contributed by atoms with Crippen LogP contribution in [-0.4, -0.2) is 130 Å². The molecule has 3 amide bonds. The van der Waals surface area contributed by atoms with Gasteiger partial charge in [0.1, 0.15) is 0 Å². The van der Waals surface area contributed by atoms with E-state index in [0.717, 1.165) is 12.1 Å². The van der Waals surface area contributed by atoms with Gasteiger partial charge in [-0.15, -0.1) is 0 Å². The summed E-state index contributed by atoms with van der Waals surface area (Å²) in [5.41, 5.74) is 2.36. The molecule has 3 N–H and O–H groups in total. The Morgan fingerprint density at radius 3 is 1.91 bits per heavy atom. The molecule has 16 heteroatoms. The van der Waals surface area contributed by atoms with Crippen molar-refractivity contribution in [2.75, 3.05) is 106 Å². The number of anilines is 4. The van der Waals surface area contributed by atoms with Gasteiger partial charge in [0, 0.05) is 74.9 Å². The highest BCUT2D eigenvalue weighted by Gasteiger charge is 2.28. The van der Waals surface area contributed by atoms with Gasteiger partial charge in [-0.1, -0.05) is 0 Å². The van der Waals surface area contributed by atoms with Gasteiger partial charge in [-0.2, -0.15) is 19.3 Å². The maximum Gasteiger partial charge on any atom is 0.323 e. The van der Waals surface area contributed by atoms with Crippen LogP contribution in [0.15, 0.2) is 48.5 Å². The normalized spacial score (nSPS) is 15.8. The van der Waals surface area contributed by atoms with E-state index >= 15 is 0 Å². The maximum atomic E-state index is 12.7. The van der Waals surface area contributed by atoms with E-state index in [2.05, 4.69) is 20.9 Å². The van der Waals surface area contributed by atoms with Crippen molar-refractivity contribution in [1.29, 1.82) is 0 Å². The van der Waals surface area contributed by atoms with Crippen LogP contribution >= 0.6 is 0 Å². The van der Waals surface area contributed by atoms with E-state index in [1.807, 2.05) is 36.0 Å². The van der Waals surface area contributed by atoms with Gasteiger partial charge < -0.3 is 35.4 Å². The number of aromatic nitrogens is 3. The molecule has 0 radical (unpaired) electrons. The summed E-state index contributed by atoms with van der Waals surface area (Å²) in [6.45, 7) is 7.04. The average molecular weight is 667 g/mol. The number of ether oxygens (including phenoxy) is 1. The summed E-state index contributed by atoms with van der Waals surface area (Å²) in [6.07, 6.45) is 0. The van der Waals surface area contributed by atoms with Crippen LogP contribution < -0.4 is 25.8 Å². The van der Waals surface area contributed by atoms with Crippen molar-refractivity contribution in [3.8, 4) is 11.4 Å². The minimum absolute atomic E-state index is 0.0709. The highest BCUT2D eigenvalue weighted by molar-refractivity contribution is 7.89. The molecule has 0 atom stereocenters. The monoisotopic (exact) mass is 666 g/mol. The van der Waals surface area contributed by atoms with Gasteiger partial charge in [-0.05, 0) is 69.6 Å². The van der Waals surface area contributed by atoms with Crippen LogP contribution in [0.4, 0.5) is 28.1 Å². The van der Waals surface area contributed by atoms with Gasteiger partial charge in [0.2, 0.25) is 21.9 Å². The van der Waals surface area contributed by atoms with Crippen LogP contribution in [-0.2, 0) is 14.8 Å². The third-order valence-electron chi connectivity index (χ3n) is 7.84. The van der Waals surface area contributed by atoms with Crippen molar-refractivity contribution in [1.82, 2.24) is 29.5 Å². The lowest BCUT2D eigenvalue weighted by atomic mass is 10.2. The third kappa shape index (κ3) is 9.12. The smallest absolute Gasteiger partial charge is 0.323 e. The van der Waals surface area contributed by atoms with E-state index in [9.17, 15) is 18.0 Å². The molecule has 0 unspecified atom stereocenters. The number of urea groups is 1. The van der Waals surface area contributed by atoms with Gasteiger partial charge in [0.15, 0.2) is 5.82 Å². The van der Waals surface area contributed by atoms with Crippen LogP contribution in [0.25, 0.3) is 11.4 Å². The molecule has 2 aliphatic rings. The number of amides is 3. The molecule has 3 aromatic rings. The number of carbonyl (C=O) groups excluding carboxylic acids is 2. The fourth-order valence-electron chi connectivity index (χ4n) is 5.07. The number of hydrogen-bond acceptors (Lipinski definition) is 11. The number of sulfonamides is 1. The van der Waals surface area contributed by atoms with E-state index in [-0.39, 0.29) is 11.7 Å². The summed E-state index contributed by atoms with van der Waals surface area (Å²) in [6, 6.07) is 13.4. The average Bonchev–Trinajstić information content (AvgIpc) is 3.09. The van der Waals surface area contributed by atoms with E-state index in [4.69, 9.17) is 19.7 Å². The second-order valence-electron chi connectivity index (χ2n) is 11.4. The summed E-state index contributed by atoms with van der Waals surface area (Å²) in [5.74, 6) is 1.40. The number of morpholine rings is 1. The molecule has 252 valence electrons. The zero-order chi connectivity index (χ0) is 33.4. The van der Waals surface area contributed by atoms with Crippen molar-refractivity contribution >= 4 is 45.2 Å². The summed E-state index contributed by atoms with van der Waals surface area (Å²) in [5, 5.41) is 8.46. The third-order valence-corrected chi connectivity index (χ3v) is 9.72. The number of nitrogens with zero attached hydrogens (tertiary/aromatic N) is 7. The molecule has 15 nitrogen and oxygen atoms in total. The number of hydrogen-bond donors (Lipinski definition) is 3. The minimum Gasteiger partial charge on any atom is -0.378 e. The molecule has 5 rings (SSSR count). The Morgan fingerprint density at radius 1 is 0.809 bits per heavy atom. The number of carbonyl (C=O) groups is 2. The number of nitrogens with one attached hydrogen (secondary N) is 3. The highest BCUT2D eigenvalue weighted by Crippen LogP contribution is 2.25. The molecule has 1 aromatic heterocycles. The summed E-state index contributed by atoms with van der Waals surface area (Å²) in [7, 11) is 0.618. The molecule has 0 aliphatic carbocycles. The lowest BCUT2D eigenvalue weighted by molar-refractivity contribution is 0.0951. The standard InChI is InChI=1S/C31H42N10O5S/c1-4-47(44,45)41-17-15-39(16-18-41)29-35-27(36-30(37-29)40-19-21-46-22-20-40)23-5-9-25(10-6-23)33-31(43)34-26-11-7-24(8-12-26)28(42)32-13-14-38(2)3/h5-12H,4,13-22H2,1-3H3,(H,32,42)(H2,33,34,43). The Bertz CT molecular complexity index is 1620. The van der Waals surface area contributed by atoms with Crippen LogP contribution in [0.3, 0.4) is 0 Å². The number of likely N-dealkylation sites (N-methyl/N-ethyl adjacent to an activating group) is 1. The van der Waals surface area contributed by atoms with Crippen molar-refractivity contribution in [2.24, 2.45) is 0 Å². The number of rotatable bonds is 11. The van der Waals surface area contributed by atoms with E-state index in [0.29, 0.717) is 93.7 Å². The Hall–Kier alpha value is -4.38. The molecular weight excluding hydrogens is 624 g/mol. The zero-order valence-electron chi connectivity index (χ0n) is 27.0. The van der Waals surface area contributed by atoms with E-state index in [1.165, 1.54) is 4.31 Å². The molecule has 2 aromatic carbocycles. The highest BCUT2D eigenvalue weighted by atomic mass is 32.2. The maximum absolute atomic E-state index is 12.7. The van der Waals surface area contributed by atoms with Crippen LogP contribution in [0, 0.1) is 0 Å². The van der Waals surface area contributed by atoms with Gasteiger partial charge >= 0.3 is 6.03 Å². The Morgan fingerprint density at radius 2 is 1.36 bits per heavy atom. The van der Waals surface area contributed by atoms with Crippen LogP contribution in [0.5, 0.6) is 0 Å². The first-order chi connectivity index (χ1) is 22.6. The minimum atomic E-state index is -3.26. The van der Waals surface area contributed by atoms with Gasteiger partial charge in [-0.25, -0.2) is 13.2 Å². The van der Waals surface area contributed by atoms with Crippen molar-refractivity contribution in [3.63, 3.8) is 0 Å². The molecule has 0 spiro atoms. The van der Waals surface area contributed by atoms with Crippen molar-refractivity contribution in [3.05, 3.63) is 54.1 Å².